The van der Waals surface area contributed by atoms with E-state index in [1.807, 2.05) is 0 Å². The molecule has 0 aromatic rings. The summed E-state index contributed by atoms with van der Waals surface area (Å²) in [5.41, 5.74) is 6.35. The normalized spacial score (nSPS) is 17.1. The minimum atomic E-state index is 0.298. The van der Waals surface area contributed by atoms with Crippen LogP contribution in [-0.2, 0) is 0 Å². The SMILES string of the molecule is CCC(C)C(N)CNCC(C)(C)C. The van der Waals surface area contributed by atoms with Crippen molar-refractivity contribution in [3.05, 3.63) is 0 Å². The number of hydrogen-bond acceptors (Lipinski definition) is 2. The fourth-order valence-electron chi connectivity index (χ4n) is 1.12. The minimum absolute atomic E-state index is 0.298. The van der Waals surface area contributed by atoms with Crippen LogP contribution >= 0.6 is 0 Å². The van der Waals surface area contributed by atoms with Crippen molar-refractivity contribution in [3.63, 3.8) is 0 Å². The van der Waals surface area contributed by atoms with Crippen LogP contribution in [0, 0.1) is 11.3 Å². The molecular formula is C11H26N2. The van der Waals surface area contributed by atoms with Gasteiger partial charge in [-0.1, -0.05) is 41.0 Å². The highest BCUT2D eigenvalue weighted by Crippen LogP contribution is 2.10. The summed E-state index contributed by atoms with van der Waals surface area (Å²) in [6.07, 6.45) is 1.17. The van der Waals surface area contributed by atoms with Gasteiger partial charge in [-0.25, -0.2) is 0 Å². The van der Waals surface area contributed by atoms with Crippen LogP contribution in [0.1, 0.15) is 41.0 Å². The smallest absolute Gasteiger partial charge is 0.0191 e. The van der Waals surface area contributed by atoms with Crippen molar-refractivity contribution in [2.24, 2.45) is 17.1 Å². The van der Waals surface area contributed by atoms with E-state index >= 15 is 0 Å². The Morgan fingerprint density at radius 2 is 1.85 bits per heavy atom. The van der Waals surface area contributed by atoms with E-state index in [9.17, 15) is 0 Å². The topological polar surface area (TPSA) is 38.0 Å². The zero-order chi connectivity index (χ0) is 10.5. The molecule has 0 heterocycles. The first-order chi connectivity index (χ1) is 5.87. The summed E-state index contributed by atoms with van der Waals surface area (Å²) in [4.78, 5) is 0. The number of hydrogen-bond donors (Lipinski definition) is 2. The van der Waals surface area contributed by atoms with Crippen LogP contribution < -0.4 is 11.1 Å². The number of nitrogens with two attached hydrogens (primary N) is 1. The van der Waals surface area contributed by atoms with Gasteiger partial charge in [0.25, 0.3) is 0 Å². The zero-order valence-corrected chi connectivity index (χ0v) is 9.85. The van der Waals surface area contributed by atoms with E-state index in [0.29, 0.717) is 17.4 Å². The van der Waals surface area contributed by atoms with Gasteiger partial charge < -0.3 is 11.1 Å². The Balaban J connectivity index is 3.53. The summed E-state index contributed by atoms with van der Waals surface area (Å²) < 4.78 is 0. The molecule has 2 heteroatoms. The third-order valence-electron chi connectivity index (χ3n) is 2.41. The molecule has 80 valence electrons. The predicted molar refractivity (Wildman–Crippen MR) is 59.8 cm³/mol. The molecule has 0 fully saturated rings. The van der Waals surface area contributed by atoms with Crippen molar-refractivity contribution in [3.8, 4) is 0 Å². The third kappa shape index (κ3) is 7.03. The number of rotatable bonds is 5. The van der Waals surface area contributed by atoms with Gasteiger partial charge in [-0.15, -0.1) is 0 Å². The Labute approximate surface area is 83.3 Å². The first-order valence-electron chi connectivity index (χ1n) is 5.33. The first kappa shape index (κ1) is 12.9. The lowest BCUT2D eigenvalue weighted by atomic mass is 9.96. The fourth-order valence-corrected chi connectivity index (χ4v) is 1.12. The average molecular weight is 186 g/mol. The van der Waals surface area contributed by atoms with Gasteiger partial charge in [0, 0.05) is 19.1 Å². The van der Waals surface area contributed by atoms with Gasteiger partial charge in [0.15, 0.2) is 0 Å². The largest absolute Gasteiger partial charge is 0.326 e. The highest BCUT2D eigenvalue weighted by Gasteiger charge is 2.13. The molecule has 2 unspecified atom stereocenters. The molecular weight excluding hydrogens is 160 g/mol. The monoisotopic (exact) mass is 186 g/mol. The maximum atomic E-state index is 5.99. The molecule has 0 amide bonds. The van der Waals surface area contributed by atoms with Crippen LogP contribution in [0.25, 0.3) is 0 Å². The second kappa shape index (κ2) is 5.61. The van der Waals surface area contributed by atoms with Crippen LogP contribution in [0.5, 0.6) is 0 Å². The van der Waals surface area contributed by atoms with Crippen molar-refractivity contribution in [1.82, 2.24) is 5.32 Å². The second-order valence-electron chi connectivity index (χ2n) is 5.24. The molecule has 13 heavy (non-hydrogen) atoms. The highest BCUT2D eigenvalue weighted by molar-refractivity contribution is 4.73. The lowest BCUT2D eigenvalue weighted by Gasteiger charge is -2.23. The summed E-state index contributed by atoms with van der Waals surface area (Å²) in [7, 11) is 0. The second-order valence-corrected chi connectivity index (χ2v) is 5.24. The van der Waals surface area contributed by atoms with Gasteiger partial charge in [-0.3, -0.25) is 0 Å². The van der Waals surface area contributed by atoms with E-state index in [-0.39, 0.29) is 0 Å². The molecule has 0 radical (unpaired) electrons. The van der Waals surface area contributed by atoms with E-state index in [0.717, 1.165) is 13.1 Å². The Morgan fingerprint density at radius 1 is 1.31 bits per heavy atom. The van der Waals surface area contributed by atoms with Crippen molar-refractivity contribution in [2.45, 2.75) is 47.1 Å². The Hall–Kier alpha value is -0.0800. The van der Waals surface area contributed by atoms with Crippen molar-refractivity contribution in [1.29, 1.82) is 0 Å². The molecule has 0 aromatic carbocycles. The quantitative estimate of drug-likeness (QED) is 0.689. The molecule has 0 aliphatic heterocycles. The summed E-state index contributed by atoms with van der Waals surface area (Å²) in [5.74, 6) is 0.618. The summed E-state index contributed by atoms with van der Waals surface area (Å²) in [6.45, 7) is 13.1. The third-order valence-corrected chi connectivity index (χ3v) is 2.41. The van der Waals surface area contributed by atoms with Gasteiger partial charge in [0.2, 0.25) is 0 Å². The molecule has 2 atom stereocenters. The number of nitrogens with one attached hydrogen (secondary N) is 1. The molecule has 0 aliphatic carbocycles. The Morgan fingerprint density at radius 3 is 2.23 bits per heavy atom. The molecule has 0 bridgehead atoms. The molecule has 0 rings (SSSR count). The lowest BCUT2D eigenvalue weighted by molar-refractivity contribution is 0.350. The molecule has 0 aromatic heterocycles. The Bertz CT molecular complexity index is 127. The van der Waals surface area contributed by atoms with Gasteiger partial charge in [0.05, 0.1) is 0 Å². The van der Waals surface area contributed by atoms with Crippen molar-refractivity contribution < 1.29 is 0 Å². The summed E-state index contributed by atoms with van der Waals surface area (Å²) in [5, 5.41) is 3.42. The van der Waals surface area contributed by atoms with E-state index < -0.39 is 0 Å². The lowest BCUT2D eigenvalue weighted by Crippen LogP contribution is -2.41. The first-order valence-corrected chi connectivity index (χ1v) is 5.33. The summed E-state index contributed by atoms with van der Waals surface area (Å²) >= 11 is 0. The van der Waals surface area contributed by atoms with E-state index in [1.54, 1.807) is 0 Å². The fraction of sp³-hybridized carbons (Fsp3) is 1.00. The van der Waals surface area contributed by atoms with Crippen LogP contribution in [0.2, 0.25) is 0 Å². The summed E-state index contributed by atoms with van der Waals surface area (Å²) in [6, 6.07) is 0.298. The van der Waals surface area contributed by atoms with E-state index in [2.05, 4.69) is 39.9 Å². The van der Waals surface area contributed by atoms with Crippen LogP contribution in [0.15, 0.2) is 0 Å². The van der Waals surface area contributed by atoms with Crippen molar-refractivity contribution in [2.75, 3.05) is 13.1 Å². The van der Waals surface area contributed by atoms with Crippen LogP contribution in [0.3, 0.4) is 0 Å². The minimum Gasteiger partial charge on any atom is -0.326 e. The van der Waals surface area contributed by atoms with Gasteiger partial charge >= 0.3 is 0 Å². The highest BCUT2D eigenvalue weighted by atomic mass is 14.9. The predicted octanol–water partition coefficient (Wildman–Crippen LogP) is 2.00. The maximum absolute atomic E-state index is 5.99. The average Bonchev–Trinajstić information content (AvgIpc) is 2.00. The van der Waals surface area contributed by atoms with Gasteiger partial charge in [-0.05, 0) is 11.3 Å². The van der Waals surface area contributed by atoms with E-state index in [1.165, 1.54) is 6.42 Å². The molecule has 0 saturated carbocycles. The Kier molecular flexibility index (Phi) is 5.57. The van der Waals surface area contributed by atoms with Gasteiger partial charge in [0.1, 0.15) is 0 Å². The van der Waals surface area contributed by atoms with Crippen molar-refractivity contribution >= 4 is 0 Å². The molecule has 0 spiro atoms. The van der Waals surface area contributed by atoms with E-state index in [4.69, 9.17) is 5.73 Å². The zero-order valence-electron chi connectivity index (χ0n) is 9.85. The molecule has 0 aliphatic rings. The maximum Gasteiger partial charge on any atom is 0.0191 e. The van der Waals surface area contributed by atoms with Crippen LogP contribution in [-0.4, -0.2) is 19.1 Å². The van der Waals surface area contributed by atoms with Crippen LogP contribution in [0.4, 0.5) is 0 Å². The molecule has 3 N–H and O–H groups in total. The molecule has 2 nitrogen and oxygen atoms in total. The van der Waals surface area contributed by atoms with Gasteiger partial charge in [-0.2, -0.15) is 0 Å². The standard InChI is InChI=1S/C11H26N2/c1-6-9(2)10(12)7-13-8-11(3,4)5/h9-10,13H,6-8,12H2,1-5H3. The molecule has 0 saturated heterocycles.